The number of para-hydroxylation sites is 1. The topological polar surface area (TPSA) is 77.2 Å². The van der Waals surface area contributed by atoms with Crippen molar-refractivity contribution in [3.05, 3.63) is 90.0 Å². The summed E-state index contributed by atoms with van der Waals surface area (Å²) in [6, 6.07) is 23.2. The zero-order chi connectivity index (χ0) is 18.9. The Balaban J connectivity index is 1.97. The number of nitrogens with zero attached hydrogens (tertiary/aromatic N) is 4. The Morgan fingerprint density at radius 2 is 1.56 bits per heavy atom. The van der Waals surface area contributed by atoms with Crippen LogP contribution in [0.25, 0.3) is 11.0 Å². The highest BCUT2D eigenvalue weighted by Crippen LogP contribution is 2.20. The number of hydrogen-bond acceptors (Lipinski definition) is 4. The molecule has 6 nitrogen and oxygen atoms in total. The third-order valence-corrected chi connectivity index (χ3v) is 5.59. The molecule has 0 aliphatic rings. The van der Waals surface area contributed by atoms with Crippen LogP contribution in [0.2, 0.25) is 0 Å². The molecule has 1 heterocycles. The number of sulfonamides is 1. The van der Waals surface area contributed by atoms with Crippen LogP contribution >= 0.6 is 0 Å². The van der Waals surface area contributed by atoms with E-state index in [9.17, 15) is 8.42 Å². The molecule has 0 spiro atoms. The molecular weight excluding hydrogens is 360 g/mol. The highest BCUT2D eigenvalue weighted by atomic mass is 32.2. The van der Waals surface area contributed by atoms with E-state index in [0.29, 0.717) is 22.2 Å². The molecule has 0 atom stereocenters. The average molecular weight is 376 g/mol. The van der Waals surface area contributed by atoms with Crippen molar-refractivity contribution in [1.29, 1.82) is 0 Å². The van der Waals surface area contributed by atoms with Crippen LogP contribution in [0.15, 0.2) is 88.2 Å². The Morgan fingerprint density at radius 1 is 0.889 bits per heavy atom. The number of hydrogen-bond donors (Lipinski definition) is 0. The molecule has 0 saturated heterocycles. The summed E-state index contributed by atoms with van der Waals surface area (Å²) in [6.45, 7) is 1.75. The summed E-state index contributed by atoms with van der Waals surface area (Å²) in [4.78, 5) is 0.169. The zero-order valence-electron chi connectivity index (χ0n) is 14.5. The predicted molar refractivity (Wildman–Crippen MR) is 104 cm³/mol. The molecule has 27 heavy (non-hydrogen) atoms. The Bertz CT molecular complexity index is 1250. The molecular formula is C20H16N4O2S. The summed E-state index contributed by atoms with van der Waals surface area (Å²) >= 11 is 0. The molecule has 0 aliphatic heterocycles. The molecule has 0 bridgehead atoms. The van der Waals surface area contributed by atoms with Gasteiger partial charge >= 0.3 is 0 Å². The van der Waals surface area contributed by atoms with E-state index in [2.05, 4.69) is 14.7 Å². The van der Waals surface area contributed by atoms with Crippen LogP contribution < -0.4 is 0 Å². The molecule has 4 rings (SSSR count). The largest absolute Gasteiger partial charge is 0.284 e. The smallest absolute Gasteiger partial charge is 0.199 e. The maximum absolute atomic E-state index is 13.0. The highest BCUT2D eigenvalue weighted by Gasteiger charge is 2.20. The molecule has 1 aromatic heterocycles. The van der Waals surface area contributed by atoms with Crippen LogP contribution in [0, 0.1) is 6.92 Å². The van der Waals surface area contributed by atoms with Gasteiger partial charge in [0.2, 0.25) is 0 Å². The van der Waals surface area contributed by atoms with E-state index in [-0.39, 0.29) is 10.7 Å². The molecule has 0 radical (unpaired) electrons. The monoisotopic (exact) mass is 376 g/mol. The molecule has 3 aromatic carbocycles. The summed E-state index contributed by atoms with van der Waals surface area (Å²) in [6.07, 6.45) is 0. The van der Waals surface area contributed by atoms with Crippen molar-refractivity contribution < 1.29 is 8.42 Å². The third-order valence-electron chi connectivity index (χ3n) is 4.16. The summed E-state index contributed by atoms with van der Waals surface area (Å²) in [5.74, 6) is 0.201. The molecule has 0 amide bonds. The number of fused-ring (bicyclic) bond motifs is 1. The van der Waals surface area contributed by atoms with Gasteiger partial charge in [-0.25, -0.2) is 0 Å². The lowest BCUT2D eigenvalue weighted by molar-refractivity contribution is 0.597. The van der Waals surface area contributed by atoms with Crippen LogP contribution in [0.4, 0.5) is 0 Å². The zero-order valence-corrected chi connectivity index (χ0v) is 15.3. The van der Waals surface area contributed by atoms with Gasteiger partial charge in [-0.05, 0) is 30.7 Å². The van der Waals surface area contributed by atoms with Gasteiger partial charge in [0, 0.05) is 5.56 Å². The van der Waals surface area contributed by atoms with Crippen molar-refractivity contribution in [2.45, 2.75) is 11.8 Å². The molecule has 0 unspecified atom stereocenters. The quantitative estimate of drug-likeness (QED) is 0.405. The van der Waals surface area contributed by atoms with Crippen LogP contribution in [-0.4, -0.2) is 29.2 Å². The van der Waals surface area contributed by atoms with Crippen LogP contribution in [0.1, 0.15) is 11.1 Å². The Hall–Kier alpha value is -3.32. The molecule has 4 aromatic rings. The minimum Gasteiger partial charge on any atom is -0.199 e. The fraction of sp³-hybridized carbons (Fsp3) is 0.0500. The first-order valence-corrected chi connectivity index (χ1v) is 9.77. The van der Waals surface area contributed by atoms with Gasteiger partial charge in [-0.2, -0.15) is 13.1 Å². The SMILES string of the molecule is Cc1ccccc1S(=O)(=O)/N=C(\c1ccccc1)n1nnc2ccccc21. The minimum absolute atomic E-state index is 0.169. The maximum atomic E-state index is 13.0. The van der Waals surface area contributed by atoms with Gasteiger partial charge in [0.05, 0.1) is 10.4 Å². The molecule has 7 heteroatoms. The van der Waals surface area contributed by atoms with Crippen molar-refractivity contribution in [2.75, 3.05) is 0 Å². The summed E-state index contributed by atoms with van der Waals surface area (Å²) in [7, 11) is -3.93. The lowest BCUT2D eigenvalue weighted by Crippen LogP contribution is -2.18. The van der Waals surface area contributed by atoms with E-state index in [1.807, 2.05) is 42.5 Å². The van der Waals surface area contributed by atoms with E-state index in [1.54, 1.807) is 43.3 Å². The molecule has 0 saturated carbocycles. The van der Waals surface area contributed by atoms with Crippen molar-refractivity contribution in [2.24, 2.45) is 4.40 Å². The Morgan fingerprint density at radius 3 is 2.33 bits per heavy atom. The summed E-state index contributed by atoms with van der Waals surface area (Å²) in [5, 5.41) is 8.27. The van der Waals surface area contributed by atoms with Crippen LogP contribution in [0.5, 0.6) is 0 Å². The first-order valence-electron chi connectivity index (χ1n) is 8.33. The fourth-order valence-corrected chi connectivity index (χ4v) is 4.07. The second kappa shape index (κ2) is 6.77. The normalized spacial score (nSPS) is 12.4. The fourth-order valence-electron chi connectivity index (χ4n) is 2.84. The second-order valence-corrected chi connectivity index (χ2v) is 7.58. The number of aromatic nitrogens is 3. The first kappa shape index (κ1) is 17.1. The lowest BCUT2D eigenvalue weighted by atomic mass is 10.2. The van der Waals surface area contributed by atoms with Gasteiger partial charge < -0.3 is 0 Å². The lowest BCUT2D eigenvalue weighted by Gasteiger charge is -2.09. The van der Waals surface area contributed by atoms with E-state index >= 15 is 0 Å². The number of rotatable bonds is 3. The standard InChI is InChI=1S/C20H16N4O2S/c1-15-9-5-8-14-19(15)27(25,26)22-20(16-10-3-2-4-11-16)24-18-13-7-6-12-17(18)21-23-24/h2-14H,1H3/b22-20+. The van der Waals surface area contributed by atoms with Gasteiger partial charge in [0.1, 0.15) is 5.52 Å². The van der Waals surface area contributed by atoms with Crippen molar-refractivity contribution in [1.82, 2.24) is 15.0 Å². The van der Waals surface area contributed by atoms with Crippen molar-refractivity contribution in [3.8, 4) is 0 Å². The van der Waals surface area contributed by atoms with Gasteiger partial charge in [0.25, 0.3) is 10.0 Å². The first-order chi connectivity index (χ1) is 13.1. The molecule has 134 valence electrons. The summed E-state index contributed by atoms with van der Waals surface area (Å²) in [5.41, 5.74) is 2.61. The van der Waals surface area contributed by atoms with Crippen molar-refractivity contribution >= 4 is 26.9 Å². The third kappa shape index (κ3) is 3.24. The average Bonchev–Trinajstić information content (AvgIpc) is 3.11. The summed E-state index contributed by atoms with van der Waals surface area (Å²) < 4.78 is 31.6. The van der Waals surface area contributed by atoms with E-state index in [4.69, 9.17) is 0 Å². The van der Waals surface area contributed by atoms with E-state index < -0.39 is 10.0 Å². The molecule has 0 fully saturated rings. The van der Waals surface area contributed by atoms with Gasteiger partial charge in [0.15, 0.2) is 5.84 Å². The maximum Gasteiger partial charge on any atom is 0.284 e. The minimum atomic E-state index is -3.93. The van der Waals surface area contributed by atoms with E-state index in [0.717, 1.165) is 0 Å². The number of aryl methyl sites for hydroxylation is 1. The predicted octanol–water partition coefficient (Wildman–Crippen LogP) is 3.42. The van der Waals surface area contributed by atoms with E-state index in [1.165, 1.54) is 4.68 Å². The Labute approximate surface area is 156 Å². The number of benzene rings is 3. The molecule has 0 aliphatic carbocycles. The van der Waals surface area contributed by atoms with Gasteiger partial charge in [-0.3, -0.25) is 0 Å². The van der Waals surface area contributed by atoms with Crippen LogP contribution in [-0.2, 0) is 10.0 Å². The highest BCUT2D eigenvalue weighted by molar-refractivity contribution is 7.90. The van der Waals surface area contributed by atoms with Gasteiger partial charge in [-0.1, -0.05) is 65.9 Å². The van der Waals surface area contributed by atoms with Crippen LogP contribution in [0.3, 0.4) is 0 Å². The molecule has 0 N–H and O–H groups in total. The van der Waals surface area contributed by atoms with Crippen molar-refractivity contribution in [3.63, 3.8) is 0 Å². The Kier molecular flexibility index (Phi) is 4.29. The van der Waals surface area contributed by atoms with Gasteiger partial charge in [-0.15, -0.1) is 9.50 Å². The second-order valence-electron chi connectivity index (χ2n) is 6.01.